The van der Waals surface area contributed by atoms with Crippen molar-refractivity contribution in [3.63, 3.8) is 0 Å². The summed E-state index contributed by atoms with van der Waals surface area (Å²) in [6.07, 6.45) is 1.98. The van der Waals surface area contributed by atoms with E-state index in [1.54, 1.807) is 0 Å². The van der Waals surface area contributed by atoms with Crippen molar-refractivity contribution in [3.8, 4) is 0 Å². The highest BCUT2D eigenvalue weighted by Crippen LogP contribution is 2.63. The lowest BCUT2D eigenvalue weighted by Crippen LogP contribution is -2.80. The Morgan fingerprint density at radius 1 is 0.625 bits per heavy atom. The van der Waals surface area contributed by atoms with Crippen LogP contribution in [0.15, 0.2) is 0 Å². The Hall–Kier alpha value is 0.760. The van der Waals surface area contributed by atoms with Gasteiger partial charge in [0.05, 0.1) is 0 Å². The van der Waals surface area contributed by atoms with Crippen LogP contribution in [0.5, 0.6) is 0 Å². The zero-order valence-corrected chi connectivity index (χ0v) is 26.5. The van der Waals surface area contributed by atoms with E-state index < -0.39 is 50.3 Å². The molecular weight excluding hydrogens is 820 g/mol. The van der Waals surface area contributed by atoms with Crippen molar-refractivity contribution < 1.29 is 28.7 Å². The van der Waals surface area contributed by atoms with Crippen molar-refractivity contribution in [2.24, 2.45) is 0 Å². The Morgan fingerprint density at radius 3 is 1.19 bits per heavy atom. The topological polar surface area (TPSA) is 111 Å². The van der Waals surface area contributed by atoms with Crippen LogP contribution in [0.25, 0.3) is 0 Å². The van der Waals surface area contributed by atoms with Gasteiger partial charge in [-0.15, -0.1) is 0 Å². The first kappa shape index (κ1) is 27.3. The van der Waals surface area contributed by atoms with Crippen LogP contribution in [0.2, 0.25) is 0 Å². The molecule has 0 radical (unpaired) electrons. The average molecular weight is 840 g/mol. The van der Waals surface area contributed by atoms with Gasteiger partial charge in [0.2, 0.25) is 4.29 Å². The summed E-state index contributed by atoms with van der Waals surface area (Å²) in [6.45, 7) is 2.63. The fourth-order valence-corrected chi connectivity index (χ4v) is 6.76. The molecule has 0 aromatic heterocycles. The summed E-state index contributed by atoms with van der Waals surface area (Å²) >= 11 is 19.4. The van der Waals surface area contributed by atoms with Crippen LogP contribution < -0.4 is 10.6 Å². The fourth-order valence-electron chi connectivity index (χ4n) is 6.17. The maximum atomic E-state index is 12.9. The zero-order chi connectivity index (χ0) is 24.4. The number of hydrogen-bond donors (Lipinski definition) is 2. The van der Waals surface area contributed by atoms with E-state index in [0.29, 0.717) is 38.5 Å². The van der Waals surface area contributed by atoms with Gasteiger partial charge in [0.15, 0.2) is 0 Å². The molecule has 4 aliphatic carbocycles. The second kappa shape index (κ2) is 8.70. The van der Waals surface area contributed by atoms with Crippen LogP contribution in [0.4, 0.5) is 0 Å². The smallest absolute Gasteiger partial charge is 0.303 e. The average Bonchev–Trinajstić information content (AvgIpc) is 2.47. The lowest BCUT2D eigenvalue weighted by molar-refractivity contribution is -0.244. The standard InChI is InChI=1S/C18H20Br6N2O6/c1-9(27)31-15-4-13(25-11(29)17(19,20)21)3-14(5-15,26-12(30)18(22,23)24)7-16(6-13,8-15)32-10(2)28/h3-8H2,1-2H3,(H,25,29)(H,26,30). The molecule has 180 valence electrons. The molecular formula is C18H20Br6N2O6. The van der Waals surface area contributed by atoms with Crippen molar-refractivity contribution in [1.29, 1.82) is 0 Å². The Bertz CT molecular complexity index is 787. The number of halogens is 6. The number of alkyl halides is 6. The van der Waals surface area contributed by atoms with Crippen LogP contribution in [0, 0.1) is 0 Å². The van der Waals surface area contributed by atoms with E-state index in [9.17, 15) is 19.2 Å². The summed E-state index contributed by atoms with van der Waals surface area (Å²) in [5, 5.41) is 6.10. The van der Waals surface area contributed by atoms with Crippen molar-refractivity contribution in [3.05, 3.63) is 0 Å². The Balaban J connectivity index is 2.11. The predicted octanol–water partition coefficient (Wildman–Crippen LogP) is 4.36. The molecule has 2 amide bonds. The Morgan fingerprint density at radius 2 is 0.938 bits per heavy atom. The molecule has 4 bridgehead atoms. The summed E-state index contributed by atoms with van der Waals surface area (Å²) < 4.78 is 9.25. The molecule has 32 heavy (non-hydrogen) atoms. The maximum Gasteiger partial charge on any atom is 0.303 e. The highest BCUT2D eigenvalue weighted by atomic mass is 80.0. The minimum atomic E-state index is -1.22. The van der Waals surface area contributed by atoms with E-state index in [1.807, 2.05) is 0 Å². The van der Waals surface area contributed by atoms with Crippen LogP contribution in [-0.2, 0) is 28.7 Å². The first-order valence-corrected chi connectivity index (χ1v) is 14.3. The highest BCUT2D eigenvalue weighted by molar-refractivity contribution is 9.40. The molecule has 4 saturated carbocycles. The van der Waals surface area contributed by atoms with Crippen LogP contribution >= 0.6 is 95.6 Å². The van der Waals surface area contributed by atoms with Gasteiger partial charge in [0.25, 0.3) is 11.8 Å². The molecule has 0 saturated heterocycles. The largest absolute Gasteiger partial charge is 0.459 e. The number of carbonyl (C=O) groups excluding carboxylic acids is 4. The van der Waals surface area contributed by atoms with Gasteiger partial charge in [-0.05, 0) is 102 Å². The molecule has 2 N–H and O–H groups in total. The van der Waals surface area contributed by atoms with Gasteiger partial charge in [-0.25, -0.2) is 0 Å². The Kier molecular flexibility index (Phi) is 7.44. The monoisotopic (exact) mass is 834 g/mol. The van der Waals surface area contributed by atoms with E-state index >= 15 is 0 Å². The van der Waals surface area contributed by atoms with Crippen molar-refractivity contribution in [1.82, 2.24) is 10.6 Å². The molecule has 0 atom stereocenters. The van der Waals surface area contributed by atoms with Gasteiger partial charge in [-0.2, -0.15) is 0 Å². The molecule has 4 rings (SSSR count). The van der Waals surface area contributed by atoms with E-state index in [-0.39, 0.29) is 0 Å². The summed E-state index contributed by atoms with van der Waals surface area (Å²) in [7, 11) is 0. The minimum absolute atomic E-state index is 0.290. The molecule has 14 heteroatoms. The molecule has 0 spiro atoms. The molecule has 0 aliphatic heterocycles. The van der Waals surface area contributed by atoms with Gasteiger partial charge >= 0.3 is 11.9 Å². The summed E-state index contributed by atoms with van der Waals surface area (Å²) in [5.74, 6) is -1.79. The summed E-state index contributed by atoms with van der Waals surface area (Å²) in [5.41, 5.74) is -3.87. The van der Waals surface area contributed by atoms with Gasteiger partial charge in [-0.1, -0.05) is 0 Å². The minimum Gasteiger partial charge on any atom is -0.459 e. The first-order chi connectivity index (χ1) is 14.3. The van der Waals surface area contributed by atoms with Crippen LogP contribution in [-0.4, -0.2) is 50.3 Å². The molecule has 0 aromatic rings. The normalized spacial score (nSPS) is 35.8. The number of carbonyl (C=O) groups is 4. The quantitative estimate of drug-likeness (QED) is 0.322. The SMILES string of the molecule is CC(=O)OC12CC3(NC(=O)C(Br)(Br)Br)CC(NC(=O)C(Br)(Br)Br)(C1)CC(OC(C)=O)(C3)C2. The lowest BCUT2D eigenvalue weighted by atomic mass is 9.46. The van der Waals surface area contributed by atoms with Crippen molar-refractivity contribution >= 4 is 119 Å². The molecule has 0 heterocycles. The van der Waals surface area contributed by atoms with E-state index in [2.05, 4.69) is 106 Å². The molecule has 4 aliphatic rings. The van der Waals surface area contributed by atoms with Gasteiger partial charge < -0.3 is 20.1 Å². The summed E-state index contributed by atoms with van der Waals surface area (Å²) in [4.78, 5) is 50.0. The van der Waals surface area contributed by atoms with E-state index in [4.69, 9.17) is 9.47 Å². The second-order valence-electron chi connectivity index (χ2n) is 9.08. The fraction of sp³-hybridized carbons (Fsp3) is 0.778. The number of rotatable bonds is 4. The van der Waals surface area contributed by atoms with Gasteiger partial charge in [-0.3, -0.25) is 19.2 Å². The summed E-state index contributed by atoms with van der Waals surface area (Å²) in [6, 6.07) is 0. The molecule has 4 fully saturated rings. The Labute approximate surface area is 235 Å². The van der Waals surface area contributed by atoms with E-state index in [1.165, 1.54) is 13.8 Å². The second-order valence-corrected chi connectivity index (χ2v) is 22.6. The first-order valence-electron chi connectivity index (χ1n) is 9.51. The van der Waals surface area contributed by atoms with Crippen molar-refractivity contribution in [2.75, 3.05) is 0 Å². The number of nitrogens with one attached hydrogen (secondary N) is 2. The van der Waals surface area contributed by atoms with E-state index in [0.717, 1.165) is 0 Å². The van der Waals surface area contributed by atoms with Crippen LogP contribution in [0.3, 0.4) is 0 Å². The number of hydrogen-bond acceptors (Lipinski definition) is 6. The molecule has 8 nitrogen and oxygen atoms in total. The number of amides is 2. The third-order valence-electron chi connectivity index (χ3n) is 5.96. The third kappa shape index (κ3) is 5.76. The highest BCUT2D eigenvalue weighted by Gasteiger charge is 2.72. The third-order valence-corrected chi connectivity index (χ3v) is 8.12. The predicted molar refractivity (Wildman–Crippen MR) is 137 cm³/mol. The van der Waals surface area contributed by atoms with Gasteiger partial charge in [0, 0.05) is 57.0 Å². The molecule has 0 aromatic carbocycles. The number of ether oxygens (including phenoxy) is 2. The maximum absolute atomic E-state index is 12.9. The van der Waals surface area contributed by atoms with Gasteiger partial charge in [0.1, 0.15) is 11.2 Å². The lowest BCUT2D eigenvalue weighted by Gasteiger charge is -2.68. The number of esters is 2. The van der Waals surface area contributed by atoms with Crippen LogP contribution in [0.1, 0.15) is 52.4 Å². The molecule has 0 unspecified atom stereocenters. The zero-order valence-electron chi connectivity index (χ0n) is 17.0. The van der Waals surface area contributed by atoms with Crippen molar-refractivity contribution in [2.45, 2.75) is 78.9 Å².